The van der Waals surface area contributed by atoms with E-state index in [-0.39, 0.29) is 18.2 Å². The van der Waals surface area contributed by atoms with Gasteiger partial charge in [-0.2, -0.15) is 0 Å². The zero-order valence-corrected chi connectivity index (χ0v) is 17.2. The standard InChI is InChI=1S/C25H24N2O4/c1-16-6-2-3-7-19(16)24(30)26-18-12-10-17(11-13-18)25(31)27-15-14-22(28)23(29)20-8-4-5-9-21(20)27/h2-13,22-23,28-29H,14-15H2,1H3,(H,26,30)/t22-,23+/m0/s1. The number of rotatable bonds is 3. The number of fused-ring (bicyclic) bond motifs is 1. The summed E-state index contributed by atoms with van der Waals surface area (Å²) in [5, 5.41) is 23.4. The van der Waals surface area contributed by atoms with E-state index >= 15 is 0 Å². The quantitative estimate of drug-likeness (QED) is 0.607. The number of aliphatic hydroxyl groups is 2. The molecule has 4 rings (SSSR count). The average molecular weight is 416 g/mol. The molecule has 2 amide bonds. The molecule has 0 fully saturated rings. The van der Waals surface area contributed by atoms with Crippen molar-refractivity contribution in [3.8, 4) is 0 Å². The van der Waals surface area contributed by atoms with Crippen LogP contribution in [0.2, 0.25) is 0 Å². The second kappa shape index (κ2) is 8.71. The molecule has 3 aromatic carbocycles. The number of carbonyl (C=O) groups is 2. The number of para-hydroxylation sites is 1. The van der Waals surface area contributed by atoms with E-state index in [0.717, 1.165) is 5.56 Å². The second-order valence-corrected chi connectivity index (χ2v) is 7.66. The third-order valence-corrected chi connectivity index (χ3v) is 5.58. The maximum Gasteiger partial charge on any atom is 0.258 e. The molecule has 3 N–H and O–H groups in total. The summed E-state index contributed by atoms with van der Waals surface area (Å²) in [6.45, 7) is 2.17. The first-order chi connectivity index (χ1) is 15.0. The molecule has 1 aliphatic rings. The first-order valence-electron chi connectivity index (χ1n) is 10.2. The van der Waals surface area contributed by atoms with Gasteiger partial charge in [0.05, 0.1) is 6.10 Å². The Bertz CT molecular complexity index is 1110. The number of amides is 2. The molecule has 1 aliphatic heterocycles. The van der Waals surface area contributed by atoms with Gasteiger partial charge in [-0.05, 0) is 55.3 Å². The summed E-state index contributed by atoms with van der Waals surface area (Å²) < 4.78 is 0. The van der Waals surface area contributed by atoms with E-state index in [1.165, 1.54) is 0 Å². The monoisotopic (exact) mass is 416 g/mol. The summed E-state index contributed by atoms with van der Waals surface area (Å²) in [4.78, 5) is 27.3. The van der Waals surface area contributed by atoms with Crippen LogP contribution in [0.15, 0.2) is 72.8 Å². The molecule has 0 spiro atoms. The molecule has 6 heteroatoms. The Labute approximate surface area is 180 Å². The highest BCUT2D eigenvalue weighted by Crippen LogP contribution is 2.33. The summed E-state index contributed by atoms with van der Waals surface area (Å²) in [5.41, 5.74) is 3.65. The summed E-state index contributed by atoms with van der Waals surface area (Å²) in [7, 11) is 0. The lowest BCUT2D eigenvalue weighted by Crippen LogP contribution is -2.32. The van der Waals surface area contributed by atoms with Crippen LogP contribution >= 0.6 is 0 Å². The van der Waals surface area contributed by atoms with E-state index in [2.05, 4.69) is 5.32 Å². The van der Waals surface area contributed by atoms with E-state index in [1.807, 2.05) is 25.1 Å². The van der Waals surface area contributed by atoms with Crippen molar-refractivity contribution >= 4 is 23.2 Å². The fourth-order valence-corrected chi connectivity index (χ4v) is 3.82. The van der Waals surface area contributed by atoms with Crippen LogP contribution in [0.25, 0.3) is 0 Å². The minimum Gasteiger partial charge on any atom is -0.390 e. The van der Waals surface area contributed by atoms with Gasteiger partial charge in [0, 0.05) is 34.6 Å². The van der Waals surface area contributed by atoms with Gasteiger partial charge in [-0.15, -0.1) is 0 Å². The van der Waals surface area contributed by atoms with Crippen molar-refractivity contribution in [3.05, 3.63) is 95.1 Å². The van der Waals surface area contributed by atoms with Gasteiger partial charge in [-0.3, -0.25) is 9.59 Å². The summed E-state index contributed by atoms with van der Waals surface area (Å²) in [6.07, 6.45) is -1.70. The SMILES string of the molecule is Cc1ccccc1C(=O)Nc1ccc(C(=O)N2CC[C@H](O)[C@H](O)c3ccccc32)cc1. The molecular formula is C25H24N2O4. The van der Waals surface area contributed by atoms with Crippen molar-refractivity contribution in [3.63, 3.8) is 0 Å². The second-order valence-electron chi connectivity index (χ2n) is 7.66. The molecule has 1 heterocycles. The van der Waals surface area contributed by atoms with E-state index in [1.54, 1.807) is 59.5 Å². The molecule has 31 heavy (non-hydrogen) atoms. The van der Waals surface area contributed by atoms with E-state index in [0.29, 0.717) is 34.6 Å². The van der Waals surface area contributed by atoms with Crippen molar-refractivity contribution in [1.29, 1.82) is 0 Å². The smallest absolute Gasteiger partial charge is 0.258 e. The number of aryl methyl sites for hydroxylation is 1. The van der Waals surface area contributed by atoms with Gasteiger partial charge in [-0.1, -0.05) is 36.4 Å². The number of hydrogen-bond donors (Lipinski definition) is 3. The lowest BCUT2D eigenvalue weighted by molar-refractivity contribution is 0.0176. The summed E-state index contributed by atoms with van der Waals surface area (Å²) in [5.74, 6) is -0.438. The van der Waals surface area contributed by atoms with Gasteiger partial charge in [0.2, 0.25) is 0 Å². The molecule has 6 nitrogen and oxygen atoms in total. The van der Waals surface area contributed by atoms with Crippen molar-refractivity contribution in [2.24, 2.45) is 0 Å². The van der Waals surface area contributed by atoms with Gasteiger partial charge < -0.3 is 20.4 Å². The molecule has 0 unspecified atom stereocenters. The first kappa shape index (κ1) is 20.8. The Hall–Kier alpha value is -3.48. The number of nitrogens with one attached hydrogen (secondary N) is 1. The maximum atomic E-state index is 13.2. The van der Waals surface area contributed by atoms with Crippen LogP contribution in [-0.4, -0.2) is 34.7 Å². The van der Waals surface area contributed by atoms with Crippen molar-refractivity contribution in [2.45, 2.75) is 25.6 Å². The first-order valence-corrected chi connectivity index (χ1v) is 10.2. The van der Waals surface area contributed by atoms with Gasteiger partial charge in [0.25, 0.3) is 11.8 Å². The van der Waals surface area contributed by atoms with Gasteiger partial charge in [0.1, 0.15) is 6.10 Å². The predicted octanol–water partition coefficient (Wildman–Crippen LogP) is 3.69. The van der Waals surface area contributed by atoms with Crippen LogP contribution < -0.4 is 10.2 Å². The molecule has 0 saturated heterocycles. The van der Waals surface area contributed by atoms with Gasteiger partial charge >= 0.3 is 0 Å². The van der Waals surface area contributed by atoms with Crippen LogP contribution in [-0.2, 0) is 0 Å². The highest BCUT2D eigenvalue weighted by Gasteiger charge is 2.30. The molecule has 3 aromatic rings. The van der Waals surface area contributed by atoms with Crippen LogP contribution in [0, 0.1) is 6.92 Å². The predicted molar refractivity (Wildman–Crippen MR) is 119 cm³/mol. The number of nitrogens with zero attached hydrogens (tertiary/aromatic N) is 1. The Morgan fingerprint density at radius 3 is 2.35 bits per heavy atom. The molecule has 0 saturated carbocycles. The molecular weight excluding hydrogens is 392 g/mol. The third kappa shape index (κ3) is 4.21. The van der Waals surface area contributed by atoms with E-state index in [4.69, 9.17) is 0 Å². The highest BCUT2D eigenvalue weighted by atomic mass is 16.3. The number of anilines is 2. The lowest BCUT2D eigenvalue weighted by atomic mass is 10.0. The number of benzene rings is 3. The Kier molecular flexibility index (Phi) is 5.84. The largest absolute Gasteiger partial charge is 0.390 e. The third-order valence-electron chi connectivity index (χ3n) is 5.58. The molecule has 158 valence electrons. The maximum absolute atomic E-state index is 13.2. The van der Waals surface area contributed by atoms with Crippen molar-refractivity contribution in [2.75, 3.05) is 16.8 Å². The van der Waals surface area contributed by atoms with Gasteiger partial charge in [0.15, 0.2) is 0 Å². The summed E-state index contributed by atoms with van der Waals surface area (Å²) in [6, 6.07) is 21.1. The van der Waals surface area contributed by atoms with Gasteiger partial charge in [-0.25, -0.2) is 0 Å². The van der Waals surface area contributed by atoms with E-state index in [9.17, 15) is 19.8 Å². The zero-order chi connectivity index (χ0) is 22.0. The fraction of sp³-hybridized carbons (Fsp3) is 0.200. The summed E-state index contributed by atoms with van der Waals surface area (Å²) >= 11 is 0. The average Bonchev–Trinajstić information content (AvgIpc) is 2.91. The minimum absolute atomic E-state index is 0.207. The Morgan fingerprint density at radius 2 is 1.61 bits per heavy atom. The number of carbonyl (C=O) groups excluding carboxylic acids is 2. The van der Waals surface area contributed by atoms with Crippen LogP contribution in [0.5, 0.6) is 0 Å². The van der Waals surface area contributed by atoms with Crippen molar-refractivity contribution < 1.29 is 19.8 Å². The normalized spacial score (nSPS) is 18.1. The molecule has 0 bridgehead atoms. The van der Waals surface area contributed by atoms with Crippen LogP contribution in [0.1, 0.15) is 44.4 Å². The van der Waals surface area contributed by atoms with Crippen molar-refractivity contribution in [1.82, 2.24) is 0 Å². The minimum atomic E-state index is -1.03. The topological polar surface area (TPSA) is 89.9 Å². The molecule has 2 atom stereocenters. The Balaban J connectivity index is 1.54. The molecule has 0 radical (unpaired) electrons. The highest BCUT2D eigenvalue weighted by molar-refractivity contribution is 6.08. The fourth-order valence-electron chi connectivity index (χ4n) is 3.82. The molecule has 0 aromatic heterocycles. The Morgan fingerprint density at radius 1 is 0.935 bits per heavy atom. The molecule has 0 aliphatic carbocycles. The lowest BCUT2D eigenvalue weighted by Gasteiger charge is -2.23. The van der Waals surface area contributed by atoms with Crippen LogP contribution in [0.3, 0.4) is 0 Å². The van der Waals surface area contributed by atoms with Crippen LogP contribution in [0.4, 0.5) is 11.4 Å². The van der Waals surface area contributed by atoms with E-state index < -0.39 is 12.2 Å². The number of aliphatic hydroxyl groups excluding tert-OH is 2. The zero-order valence-electron chi connectivity index (χ0n) is 17.2. The number of hydrogen-bond acceptors (Lipinski definition) is 4.